The number of hydrogen-bond acceptors (Lipinski definition) is 4. The van der Waals surface area contributed by atoms with Crippen molar-refractivity contribution >= 4 is 21.8 Å². The van der Waals surface area contributed by atoms with Crippen LogP contribution in [0.4, 0.5) is 4.39 Å². The molecule has 4 fully saturated rings. The molecule has 9 heteroatoms. The molecule has 29 heavy (non-hydrogen) atoms. The van der Waals surface area contributed by atoms with E-state index in [0.29, 0.717) is 38.6 Å². The van der Waals surface area contributed by atoms with E-state index in [9.17, 15) is 22.4 Å². The first-order chi connectivity index (χ1) is 13.6. The van der Waals surface area contributed by atoms with Crippen molar-refractivity contribution in [2.45, 2.75) is 93.8 Å². The van der Waals surface area contributed by atoms with Crippen molar-refractivity contribution in [1.29, 1.82) is 0 Å². The van der Waals surface area contributed by atoms with Crippen LogP contribution in [0.25, 0.3) is 0 Å². The van der Waals surface area contributed by atoms with Gasteiger partial charge in [0.25, 0.3) is 0 Å². The average Bonchev–Trinajstić information content (AvgIpc) is 3.40. The zero-order valence-corrected chi connectivity index (χ0v) is 18.1. The summed E-state index contributed by atoms with van der Waals surface area (Å²) in [5.41, 5.74) is -0.318. The summed E-state index contributed by atoms with van der Waals surface area (Å²) in [5.74, 6) is -0.854. The van der Waals surface area contributed by atoms with Crippen LogP contribution in [0.2, 0.25) is 0 Å². The van der Waals surface area contributed by atoms with Crippen LogP contribution in [0, 0.1) is 5.92 Å². The monoisotopic (exact) mass is 429 g/mol. The maximum absolute atomic E-state index is 13.5. The van der Waals surface area contributed by atoms with Crippen LogP contribution >= 0.6 is 0 Å². The Morgan fingerprint density at radius 3 is 2.31 bits per heavy atom. The van der Waals surface area contributed by atoms with Crippen molar-refractivity contribution in [2.75, 3.05) is 13.6 Å². The van der Waals surface area contributed by atoms with E-state index < -0.39 is 33.3 Å². The van der Waals surface area contributed by atoms with Gasteiger partial charge in [-0.1, -0.05) is 0 Å². The zero-order chi connectivity index (χ0) is 21.0. The number of halogens is 1. The van der Waals surface area contributed by atoms with Gasteiger partial charge in [-0.3, -0.25) is 9.59 Å². The lowest BCUT2D eigenvalue weighted by atomic mass is 9.83. The van der Waals surface area contributed by atoms with Gasteiger partial charge in [0, 0.05) is 19.1 Å². The number of hydrogen-bond donors (Lipinski definition) is 1. The Morgan fingerprint density at radius 2 is 1.69 bits per heavy atom. The van der Waals surface area contributed by atoms with Crippen molar-refractivity contribution in [1.82, 2.24) is 14.5 Å². The van der Waals surface area contributed by atoms with E-state index in [4.69, 9.17) is 0 Å². The summed E-state index contributed by atoms with van der Waals surface area (Å²) < 4.78 is 42.0. The highest BCUT2D eigenvalue weighted by atomic mass is 32.2. The van der Waals surface area contributed by atoms with Gasteiger partial charge in [0.2, 0.25) is 10.0 Å². The SMILES string of the molecule is CN1C(=O)C(=O)N(CC2CCC(F)CC2)C2CCC(S(=O)(=O)NC3(C)CC3)CC21. The minimum absolute atomic E-state index is 0.156. The number of alkyl halides is 1. The summed E-state index contributed by atoms with van der Waals surface area (Å²) in [7, 11) is -1.86. The molecule has 0 aromatic rings. The number of carbonyl (C=O) groups excluding carboxylic acids is 2. The normalized spacial score (nSPS) is 37.4. The molecule has 4 rings (SSSR count). The van der Waals surface area contributed by atoms with Gasteiger partial charge in [-0.05, 0) is 70.6 Å². The van der Waals surface area contributed by atoms with Gasteiger partial charge in [0.05, 0.1) is 17.3 Å². The Bertz CT molecular complexity index is 777. The lowest BCUT2D eigenvalue weighted by molar-refractivity contribution is -0.163. The smallest absolute Gasteiger partial charge is 0.312 e. The van der Waals surface area contributed by atoms with E-state index in [0.717, 1.165) is 25.7 Å². The Hall–Kier alpha value is -1.22. The highest BCUT2D eigenvalue weighted by Crippen LogP contribution is 2.39. The van der Waals surface area contributed by atoms with Crippen molar-refractivity contribution in [3.8, 4) is 0 Å². The van der Waals surface area contributed by atoms with Gasteiger partial charge in [0.15, 0.2) is 0 Å². The van der Waals surface area contributed by atoms with Crippen LogP contribution in [0.1, 0.15) is 64.7 Å². The largest absolute Gasteiger partial charge is 0.332 e. The van der Waals surface area contributed by atoms with Gasteiger partial charge < -0.3 is 9.80 Å². The Kier molecular flexibility index (Phi) is 5.42. The molecule has 1 heterocycles. The van der Waals surface area contributed by atoms with Crippen molar-refractivity contribution < 1.29 is 22.4 Å². The molecule has 1 saturated heterocycles. The van der Waals surface area contributed by atoms with E-state index in [1.165, 1.54) is 4.90 Å². The molecule has 164 valence electrons. The first kappa shape index (κ1) is 21.0. The fourth-order valence-corrected chi connectivity index (χ4v) is 7.20. The summed E-state index contributed by atoms with van der Waals surface area (Å²) in [6, 6.07) is -0.448. The molecule has 2 amide bonds. The number of carbonyl (C=O) groups is 2. The number of rotatable bonds is 5. The number of piperazine rings is 1. The molecule has 7 nitrogen and oxygen atoms in total. The van der Waals surface area contributed by atoms with Crippen LogP contribution in [-0.4, -0.2) is 72.7 Å². The van der Waals surface area contributed by atoms with E-state index in [1.54, 1.807) is 11.9 Å². The number of nitrogens with zero attached hydrogens (tertiary/aromatic N) is 2. The van der Waals surface area contributed by atoms with Crippen LogP contribution in [0.5, 0.6) is 0 Å². The maximum Gasteiger partial charge on any atom is 0.312 e. The summed E-state index contributed by atoms with van der Waals surface area (Å²) >= 11 is 0. The zero-order valence-electron chi connectivity index (χ0n) is 17.3. The fourth-order valence-electron chi connectivity index (χ4n) is 5.25. The molecule has 1 N–H and O–H groups in total. The lowest BCUT2D eigenvalue weighted by Crippen LogP contribution is -2.67. The van der Waals surface area contributed by atoms with Crippen molar-refractivity contribution in [3.63, 3.8) is 0 Å². The predicted octanol–water partition coefficient (Wildman–Crippen LogP) is 1.58. The molecule has 3 atom stereocenters. The highest BCUT2D eigenvalue weighted by Gasteiger charge is 2.51. The molecular weight excluding hydrogens is 397 g/mol. The van der Waals surface area contributed by atoms with Crippen molar-refractivity contribution in [2.24, 2.45) is 5.92 Å². The Labute approximate surface area is 172 Å². The second-order valence-electron chi connectivity index (χ2n) is 9.77. The van der Waals surface area contributed by atoms with E-state index in [2.05, 4.69) is 4.72 Å². The summed E-state index contributed by atoms with van der Waals surface area (Å²) in [6.07, 6.45) is 4.82. The summed E-state index contributed by atoms with van der Waals surface area (Å²) in [5, 5.41) is -0.548. The molecule has 0 aromatic carbocycles. The number of likely N-dealkylation sites (N-methyl/N-ethyl adjacent to an activating group) is 1. The Balaban J connectivity index is 1.48. The number of nitrogens with one attached hydrogen (secondary N) is 1. The highest BCUT2D eigenvalue weighted by molar-refractivity contribution is 7.90. The molecule has 0 aromatic heterocycles. The van der Waals surface area contributed by atoms with Gasteiger partial charge >= 0.3 is 11.8 Å². The van der Waals surface area contributed by atoms with Gasteiger partial charge in [-0.2, -0.15) is 0 Å². The first-order valence-electron chi connectivity index (χ1n) is 10.8. The molecule has 0 bridgehead atoms. The van der Waals surface area contributed by atoms with Crippen LogP contribution < -0.4 is 4.72 Å². The van der Waals surface area contributed by atoms with Gasteiger partial charge in [-0.25, -0.2) is 17.5 Å². The molecule has 3 unspecified atom stereocenters. The summed E-state index contributed by atoms with van der Waals surface area (Å²) in [6.45, 7) is 2.39. The molecule has 0 spiro atoms. The van der Waals surface area contributed by atoms with Crippen LogP contribution in [-0.2, 0) is 19.6 Å². The van der Waals surface area contributed by atoms with Crippen LogP contribution in [0.15, 0.2) is 0 Å². The standard InChI is InChI=1S/C20H32FN3O4S/c1-20(9-10-20)22-29(27,28)15-7-8-16-17(11-15)23(2)18(25)19(26)24(16)12-13-3-5-14(21)6-4-13/h13-17,22H,3-12H2,1-2H3. The lowest BCUT2D eigenvalue weighted by Gasteiger charge is -2.50. The molecule has 3 aliphatic carbocycles. The van der Waals surface area contributed by atoms with E-state index in [-0.39, 0.29) is 23.5 Å². The van der Waals surface area contributed by atoms with E-state index in [1.807, 2.05) is 6.92 Å². The minimum atomic E-state index is -3.47. The van der Waals surface area contributed by atoms with E-state index >= 15 is 0 Å². The molecule has 0 radical (unpaired) electrons. The quantitative estimate of drug-likeness (QED) is 0.672. The van der Waals surface area contributed by atoms with Gasteiger partial charge in [0.1, 0.15) is 6.17 Å². The van der Waals surface area contributed by atoms with Gasteiger partial charge in [-0.15, -0.1) is 0 Å². The van der Waals surface area contributed by atoms with Crippen molar-refractivity contribution in [3.05, 3.63) is 0 Å². The first-order valence-corrected chi connectivity index (χ1v) is 12.4. The second-order valence-corrected chi connectivity index (χ2v) is 11.7. The average molecular weight is 430 g/mol. The number of sulfonamides is 1. The Morgan fingerprint density at radius 1 is 1.03 bits per heavy atom. The van der Waals surface area contributed by atoms with Crippen LogP contribution in [0.3, 0.4) is 0 Å². The molecule has 1 aliphatic heterocycles. The topological polar surface area (TPSA) is 86.8 Å². The third kappa shape index (κ3) is 4.17. The second kappa shape index (κ2) is 7.48. The predicted molar refractivity (Wildman–Crippen MR) is 106 cm³/mol. The maximum atomic E-state index is 13.5. The molecular formula is C20H32FN3O4S. The minimum Gasteiger partial charge on any atom is -0.332 e. The molecule has 4 aliphatic rings. The fraction of sp³-hybridized carbons (Fsp3) is 0.900. The summed E-state index contributed by atoms with van der Waals surface area (Å²) in [4.78, 5) is 28.4. The number of amides is 2. The third-order valence-electron chi connectivity index (χ3n) is 7.45. The third-order valence-corrected chi connectivity index (χ3v) is 9.54. The molecule has 3 saturated carbocycles. The number of fused-ring (bicyclic) bond motifs is 1.